The van der Waals surface area contributed by atoms with E-state index in [0.717, 1.165) is 19.4 Å². The van der Waals surface area contributed by atoms with E-state index >= 15 is 0 Å². The van der Waals surface area contributed by atoms with Crippen molar-refractivity contribution in [2.24, 2.45) is 11.8 Å². The number of nitrogens with one attached hydrogen (secondary N) is 3. The number of hydrogen-bond acceptors (Lipinski definition) is 5. The number of hydrogen-bond donors (Lipinski definition) is 5. The van der Waals surface area contributed by atoms with Crippen molar-refractivity contribution in [3.63, 3.8) is 0 Å². The molecule has 184 valence electrons. The topological polar surface area (TPSA) is 141 Å². The molecule has 3 amide bonds. The van der Waals surface area contributed by atoms with E-state index < -0.39 is 35.9 Å². The van der Waals surface area contributed by atoms with Crippen LogP contribution in [0.5, 0.6) is 0 Å². The van der Waals surface area contributed by atoms with Gasteiger partial charge in [0.1, 0.15) is 18.1 Å². The van der Waals surface area contributed by atoms with Crippen LogP contribution in [0.2, 0.25) is 0 Å². The molecule has 1 heterocycles. The molecule has 0 radical (unpaired) electrons. The molecule has 1 aliphatic rings. The van der Waals surface area contributed by atoms with Gasteiger partial charge in [0.15, 0.2) is 6.04 Å². The van der Waals surface area contributed by atoms with E-state index in [1.54, 1.807) is 11.8 Å². The third-order valence-electron chi connectivity index (χ3n) is 5.41. The Morgan fingerprint density at radius 2 is 1.50 bits per heavy atom. The van der Waals surface area contributed by atoms with E-state index in [1.165, 1.54) is 0 Å². The summed E-state index contributed by atoms with van der Waals surface area (Å²) in [5, 5.41) is 19.6. The van der Waals surface area contributed by atoms with Gasteiger partial charge in [0.25, 0.3) is 5.91 Å². The third kappa shape index (κ3) is 10.2. The highest BCUT2D eigenvalue weighted by atomic mass is 32.2. The van der Waals surface area contributed by atoms with Crippen LogP contribution in [0.15, 0.2) is 0 Å². The van der Waals surface area contributed by atoms with Gasteiger partial charge in [-0.3, -0.25) is 14.4 Å². The maximum Gasteiger partial charge on any atom is 0.326 e. The summed E-state index contributed by atoms with van der Waals surface area (Å²) in [6, 6.07) is -2.80. The molecule has 0 aromatic rings. The van der Waals surface area contributed by atoms with Crippen LogP contribution in [-0.2, 0) is 19.2 Å². The number of carboxylic acid groups (broad SMARTS) is 1. The average molecular weight is 474 g/mol. The van der Waals surface area contributed by atoms with Gasteiger partial charge in [0, 0.05) is 12.8 Å². The maximum absolute atomic E-state index is 13.1. The lowest BCUT2D eigenvalue weighted by atomic mass is 10.00. The number of amides is 3. The van der Waals surface area contributed by atoms with Crippen molar-refractivity contribution in [1.29, 1.82) is 0 Å². The molecule has 1 rings (SSSR count). The molecule has 10 heteroatoms. The molecule has 9 nitrogen and oxygen atoms in total. The van der Waals surface area contributed by atoms with Gasteiger partial charge < -0.3 is 26.4 Å². The highest BCUT2D eigenvalue weighted by Gasteiger charge is 2.33. The number of quaternary nitrogens is 1. The molecule has 4 atom stereocenters. The predicted octanol–water partition coefficient (Wildman–Crippen LogP) is 0.0965. The summed E-state index contributed by atoms with van der Waals surface area (Å²) in [7, 11) is 0. The van der Waals surface area contributed by atoms with E-state index in [4.69, 9.17) is 0 Å². The van der Waals surface area contributed by atoms with Crippen LogP contribution in [0.25, 0.3) is 0 Å². The van der Waals surface area contributed by atoms with Crippen LogP contribution in [-0.4, -0.2) is 71.5 Å². The van der Waals surface area contributed by atoms with Gasteiger partial charge in [0.2, 0.25) is 11.8 Å². The highest BCUT2D eigenvalue weighted by Crippen LogP contribution is 2.10. The SMILES string of the molecule is CSCC[C@H](NC(=O)[C@@H]1CCC[NH2+]1)C(=O)N[C@@H](CC(C)C)C(=O)N[C@@H](CC(C)C)C(=O)O. The van der Waals surface area contributed by atoms with Crippen LogP contribution < -0.4 is 21.3 Å². The Hall–Kier alpha value is -1.81. The maximum atomic E-state index is 13.1. The first-order chi connectivity index (χ1) is 15.0. The average Bonchev–Trinajstić information content (AvgIpc) is 3.24. The van der Waals surface area contributed by atoms with Gasteiger partial charge in [0.05, 0.1) is 6.54 Å². The molecule has 1 fully saturated rings. The first kappa shape index (κ1) is 28.2. The second kappa shape index (κ2) is 14.4. The minimum Gasteiger partial charge on any atom is -0.480 e. The Bertz CT molecular complexity index is 638. The second-order valence-electron chi connectivity index (χ2n) is 9.34. The number of thioether (sulfide) groups is 1. The Kier molecular flexibility index (Phi) is 12.7. The van der Waals surface area contributed by atoms with Crippen molar-refractivity contribution in [2.75, 3.05) is 18.6 Å². The lowest BCUT2D eigenvalue weighted by molar-refractivity contribution is -0.657. The van der Waals surface area contributed by atoms with Gasteiger partial charge >= 0.3 is 5.97 Å². The fraction of sp³-hybridized carbons (Fsp3) is 0.818. The van der Waals surface area contributed by atoms with Crippen molar-refractivity contribution in [3.8, 4) is 0 Å². The molecule has 0 aromatic heterocycles. The van der Waals surface area contributed by atoms with Gasteiger partial charge in [-0.2, -0.15) is 11.8 Å². The van der Waals surface area contributed by atoms with Crippen molar-refractivity contribution in [3.05, 3.63) is 0 Å². The molecule has 0 aliphatic carbocycles. The first-order valence-electron chi connectivity index (χ1n) is 11.5. The fourth-order valence-corrected chi connectivity index (χ4v) is 4.21. The Labute approximate surface area is 195 Å². The molecule has 0 unspecified atom stereocenters. The van der Waals surface area contributed by atoms with Crippen molar-refractivity contribution in [1.82, 2.24) is 16.0 Å². The first-order valence-corrected chi connectivity index (χ1v) is 12.9. The Morgan fingerprint density at radius 3 is 2.00 bits per heavy atom. The summed E-state index contributed by atoms with van der Waals surface area (Å²) in [5.41, 5.74) is 0. The molecule has 1 saturated heterocycles. The van der Waals surface area contributed by atoms with Crippen molar-refractivity contribution < 1.29 is 29.6 Å². The molecular formula is C22H41N4O5S+. The molecule has 0 bridgehead atoms. The molecule has 0 aromatic carbocycles. The van der Waals surface area contributed by atoms with Crippen LogP contribution in [0.3, 0.4) is 0 Å². The molecule has 6 N–H and O–H groups in total. The summed E-state index contributed by atoms with van der Waals surface area (Å²) in [5.74, 6) is -1.31. The number of carbonyl (C=O) groups excluding carboxylic acids is 3. The Balaban J connectivity index is 2.89. The third-order valence-corrected chi connectivity index (χ3v) is 6.06. The van der Waals surface area contributed by atoms with Crippen LogP contribution in [0.4, 0.5) is 0 Å². The number of carboxylic acids is 1. The van der Waals surface area contributed by atoms with Gasteiger partial charge in [-0.05, 0) is 43.1 Å². The fourth-order valence-electron chi connectivity index (χ4n) is 3.74. The second-order valence-corrected chi connectivity index (χ2v) is 10.3. The largest absolute Gasteiger partial charge is 0.480 e. The van der Waals surface area contributed by atoms with E-state index in [1.807, 2.05) is 39.3 Å². The summed E-state index contributed by atoms with van der Waals surface area (Å²) in [4.78, 5) is 50.1. The summed E-state index contributed by atoms with van der Waals surface area (Å²) >= 11 is 1.58. The monoisotopic (exact) mass is 473 g/mol. The lowest BCUT2D eigenvalue weighted by Crippen LogP contribution is -2.89. The van der Waals surface area contributed by atoms with Gasteiger partial charge in [-0.15, -0.1) is 0 Å². The van der Waals surface area contributed by atoms with E-state index in [2.05, 4.69) is 16.0 Å². The zero-order chi connectivity index (χ0) is 24.3. The molecule has 0 saturated carbocycles. The van der Waals surface area contributed by atoms with Crippen molar-refractivity contribution in [2.45, 2.75) is 84.0 Å². The van der Waals surface area contributed by atoms with Crippen LogP contribution >= 0.6 is 11.8 Å². The zero-order valence-corrected chi connectivity index (χ0v) is 20.8. The summed E-state index contributed by atoms with van der Waals surface area (Å²) in [6.45, 7) is 8.53. The number of carbonyl (C=O) groups is 4. The molecule has 1 aliphatic heterocycles. The van der Waals surface area contributed by atoms with Crippen LogP contribution in [0, 0.1) is 11.8 Å². The molecular weight excluding hydrogens is 432 g/mol. The quantitative estimate of drug-likeness (QED) is 0.242. The van der Waals surface area contributed by atoms with Crippen LogP contribution in [0.1, 0.15) is 59.8 Å². The standard InChI is InChI=1S/C22H40N4O5S/c1-13(2)11-17(21(29)26-18(22(30)31)12-14(3)4)25-20(28)16(8-10-32-5)24-19(27)15-7-6-9-23-15/h13-18,23H,6-12H2,1-5H3,(H,24,27)(H,25,28)(H,26,29)(H,30,31)/p+1/t15-,16-,17-,18-/m0/s1. The normalized spacial score (nSPS) is 18.8. The lowest BCUT2D eigenvalue weighted by Gasteiger charge is -2.26. The minimum absolute atomic E-state index is 0.0908. The number of rotatable bonds is 14. The van der Waals surface area contributed by atoms with Gasteiger partial charge in [-0.1, -0.05) is 27.7 Å². The predicted molar refractivity (Wildman–Crippen MR) is 125 cm³/mol. The summed E-state index contributed by atoms with van der Waals surface area (Å²) < 4.78 is 0. The van der Waals surface area contributed by atoms with E-state index in [0.29, 0.717) is 25.0 Å². The molecule has 32 heavy (non-hydrogen) atoms. The minimum atomic E-state index is -1.10. The summed E-state index contributed by atoms with van der Waals surface area (Å²) in [6.07, 6.45) is 4.80. The van der Waals surface area contributed by atoms with E-state index in [9.17, 15) is 24.3 Å². The highest BCUT2D eigenvalue weighted by molar-refractivity contribution is 7.98. The zero-order valence-electron chi connectivity index (χ0n) is 20.0. The van der Waals surface area contributed by atoms with Crippen molar-refractivity contribution >= 4 is 35.5 Å². The number of aliphatic carboxylic acids is 1. The smallest absolute Gasteiger partial charge is 0.326 e. The van der Waals surface area contributed by atoms with Gasteiger partial charge in [-0.25, -0.2) is 4.79 Å². The number of nitrogens with two attached hydrogens (primary N) is 1. The molecule has 0 spiro atoms. The Morgan fingerprint density at radius 1 is 0.938 bits per heavy atom. The van der Waals surface area contributed by atoms with E-state index in [-0.39, 0.29) is 23.8 Å².